The van der Waals surface area contributed by atoms with Crippen molar-refractivity contribution >= 4 is 11.6 Å². The fourth-order valence-electron chi connectivity index (χ4n) is 2.41. The highest BCUT2D eigenvalue weighted by Gasteiger charge is 2.19. The van der Waals surface area contributed by atoms with Crippen molar-refractivity contribution in [1.29, 1.82) is 0 Å². The molecule has 2 aromatic rings. The first-order chi connectivity index (χ1) is 11.0. The van der Waals surface area contributed by atoms with Gasteiger partial charge in [-0.05, 0) is 37.1 Å². The van der Waals surface area contributed by atoms with Gasteiger partial charge in [0.1, 0.15) is 5.75 Å². The third-order valence-electron chi connectivity index (χ3n) is 3.82. The molecule has 0 spiro atoms. The number of halogens is 1. The van der Waals surface area contributed by atoms with Gasteiger partial charge in [0.15, 0.2) is 0 Å². The summed E-state index contributed by atoms with van der Waals surface area (Å²) in [5.74, 6) is 0.802. The molecule has 0 amide bonds. The smallest absolute Gasteiger partial charge is 0.118 e. The van der Waals surface area contributed by atoms with Crippen molar-refractivity contribution in [2.24, 2.45) is 0 Å². The quantitative estimate of drug-likeness (QED) is 0.757. The molecule has 0 aliphatic rings. The van der Waals surface area contributed by atoms with E-state index in [2.05, 4.69) is 0 Å². The van der Waals surface area contributed by atoms with Gasteiger partial charge in [-0.1, -0.05) is 41.9 Å². The first kappa shape index (κ1) is 17.8. The van der Waals surface area contributed by atoms with Gasteiger partial charge in [0.25, 0.3) is 0 Å². The van der Waals surface area contributed by atoms with Gasteiger partial charge < -0.3 is 15.1 Å². The summed E-state index contributed by atoms with van der Waals surface area (Å²) in [4.78, 5) is 0. The van der Waals surface area contributed by atoms with Crippen LogP contribution in [0, 0.1) is 0 Å². The van der Waals surface area contributed by atoms with E-state index in [0.29, 0.717) is 17.0 Å². The predicted molar refractivity (Wildman–Crippen MR) is 91.1 cm³/mol. The molecule has 0 aliphatic carbocycles. The van der Waals surface area contributed by atoms with E-state index in [1.54, 1.807) is 19.2 Å². The van der Waals surface area contributed by atoms with Gasteiger partial charge in [-0.25, -0.2) is 0 Å². The number of aliphatic hydroxyl groups is 1. The average Bonchev–Trinajstić information content (AvgIpc) is 2.55. The summed E-state index contributed by atoms with van der Waals surface area (Å²) in [6.45, 7) is 2.00. The summed E-state index contributed by atoms with van der Waals surface area (Å²) in [5, 5.41) is 22.1. The normalized spacial score (nSPS) is 13.8. The molecule has 0 bridgehead atoms. The van der Waals surface area contributed by atoms with E-state index < -0.39 is 6.10 Å². The maximum absolute atomic E-state index is 10.3. The van der Waals surface area contributed by atoms with Crippen molar-refractivity contribution in [2.75, 3.05) is 13.7 Å². The number of hydroxylamine groups is 2. The maximum atomic E-state index is 10.3. The molecule has 2 rings (SSSR count). The molecule has 4 nitrogen and oxygen atoms in total. The Labute approximate surface area is 141 Å². The highest BCUT2D eigenvalue weighted by molar-refractivity contribution is 6.31. The van der Waals surface area contributed by atoms with E-state index in [1.807, 2.05) is 43.3 Å². The van der Waals surface area contributed by atoms with E-state index in [0.717, 1.165) is 16.4 Å². The first-order valence-corrected chi connectivity index (χ1v) is 7.90. The Morgan fingerprint density at radius 1 is 1.13 bits per heavy atom. The number of rotatable bonds is 7. The minimum atomic E-state index is -0.841. The summed E-state index contributed by atoms with van der Waals surface area (Å²) < 4.78 is 5.13. The SMILES string of the molecule is COc1ccc(CC(C)N(O)CC(O)c2ccccc2Cl)cc1. The monoisotopic (exact) mass is 335 g/mol. The van der Waals surface area contributed by atoms with Crippen LogP contribution in [-0.4, -0.2) is 35.1 Å². The molecule has 2 atom stereocenters. The third-order valence-corrected chi connectivity index (χ3v) is 4.17. The van der Waals surface area contributed by atoms with Crippen LogP contribution in [0.5, 0.6) is 5.75 Å². The van der Waals surface area contributed by atoms with Gasteiger partial charge in [-0.3, -0.25) is 0 Å². The van der Waals surface area contributed by atoms with Crippen molar-refractivity contribution in [3.05, 3.63) is 64.7 Å². The number of hydrogen-bond donors (Lipinski definition) is 2. The number of hydrogen-bond acceptors (Lipinski definition) is 4. The molecule has 2 aromatic carbocycles. The van der Waals surface area contributed by atoms with Crippen LogP contribution in [0.1, 0.15) is 24.2 Å². The summed E-state index contributed by atoms with van der Waals surface area (Å²) in [7, 11) is 1.63. The van der Waals surface area contributed by atoms with Gasteiger partial charge in [-0.15, -0.1) is 0 Å². The van der Waals surface area contributed by atoms with Gasteiger partial charge in [0, 0.05) is 16.6 Å². The molecule has 2 unspecified atom stereocenters. The highest BCUT2D eigenvalue weighted by atomic mass is 35.5. The van der Waals surface area contributed by atoms with Gasteiger partial charge in [0.05, 0.1) is 19.8 Å². The van der Waals surface area contributed by atoms with Crippen LogP contribution in [0.2, 0.25) is 5.02 Å². The van der Waals surface area contributed by atoms with Crippen molar-refractivity contribution in [3.8, 4) is 5.75 Å². The molecule has 23 heavy (non-hydrogen) atoms. The summed E-state index contributed by atoms with van der Waals surface area (Å²) in [5.41, 5.74) is 1.70. The predicted octanol–water partition coefficient (Wildman–Crippen LogP) is 3.70. The van der Waals surface area contributed by atoms with Crippen LogP contribution in [0.25, 0.3) is 0 Å². The number of methoxy groups -OCH3 is 1. The Morgan fingerprint density at radius 2 is 1.78 bits per heavy atom. The number of benzene rings is 2. The lowest BCUT2D eigenvalue weighted by molar-refractivity contribution is -0.141. The molecule has 0 heterocycles. The molecular weight excluding hydrogens is 314 g/mol. The standard InChI is InChI=1S/C18H22ClNO3/c1-13(11-14-7-9-15(23-2)10-8-14)20(22)12-18(21)16-5-3-4-6-17(16)19/h3-10,13,18,21-22H,11-12H2,1-2H3. The zero-order valence-electron chi connectivity index (χ0n) is 13.3. The number of ether oxygens (including phenoxy) is 1. The Morgan fingerprint density at radius 3 is 2.39 bits per heavy atom. The maximum Gasteiger partial charge on any atom is 0.118 e. The Bertz CT molecular complexity index is 618. The summed E-state index contributed by atoms with van der Waals surface area (Å²) in [6, 6.07) is 14.7. The summed E-state index contributed by atoms with van der Waals surface area (Å²) >= 11 is 6.07. The Balaban J connectivity index is 1.93. The van der Waals surface area contributed by atoms with Crippen LogP contribution >= 0.6 is 11.6 Å². The van der Waals surface area contributed by atoms with E-state index in [1.165, 1.54) is 0 Å². The van der Waals surface area contributed by atoms with Crippen molar-refractivity contribution in [2.45, 2.75) is 25.5 Å². The number of nitrogens with zero attached hydrogens (tertiary/aromatic N) is 1. The van der Waals surface area contributed by atoms with Gasteiger partial charge in [-0.2, -0.15) is 5.06 Å². The van der Waals surface area contributed by atoms with Crippen molar-refractivity contribution in [1.82, 2.24) is 5.06 Å². The Kier molecular flexibility index (Phi) is 6.42. The molecule has 0 saturated carbocycles. The minimum Gasteiger partial charge on any atom is -0.497 e. The lowest BCUT2D eigenvalue weighted by Crippen LogP contribution is -2.35. The minimum absolute atomic E-state index is 0.0983. The summed E-state index contributed by atoms with van der Waals surface area (Å²) in [6.07, 6.45) is -0.178. The Hall–Kier alpha value is -1.59. The lowest BCUT2D eigenvalue weighted by atomic mass is 10.1. The molecule has 0 saturated heterocycles. The first-order valence-electron chi connectivity index (χ1n) is 7.52. The molecule has 5 heteroatoms. The van der Waals surface area contributed by atoms with Crippen LogP contribution in [0.4, 0.5) is 0 Å². The average molecular weight is 336 g/mol. The van der Waals surface area contributed by atoms with Crippen LogP contribution in [0.3, 0.4) is 0 Å². The molecular formula is C18H22ClNO3. The fourth-order valence-corrected chi connectivity index (χ4v) is 2.67. The molecule has 0 fully saturated rings. The van der Waals surface area contributed by atoms with Crippen molar-refractivity contribution in [3.63, 3.8) is 0 Å². The highest BCUT2D eigenvalue weighted by Crippen LogP contribution is 2.23. The van der Waals surface area contributed by atoms with Crippen LogP contribution < -0.4 is 4.74 Å². The largest absolute Gasteiger partial charge is 0.497 e. The zero-order valence-corrected chi connectivity index (χ0v) is 14.1. The molecule has 0 aliphatic heterocycles. The fraction of sp³-hybridized carbons (Fsp3) is 0.333. The van der Waals surface area contributed by atoms with Crippen molar-refractivity contribution < 1.29 is 15.1 Å². The second-order valence-electron chi connectivity index (χ2n) is 5.56. The third kappa shape index (κ3) is 4.94. The van der Waals surface area contributed by atoms with Gasteiger partial charge >= 0.3 is 0 Å². The topological polar surface area (TPSA) is 52.9 Å². The second kappa shape index (κ2) is 8.31. The molecule has 124 valence electrons. The van der Waals surface area contributed by atoms with Gasteiger partial charge in [0.2, 0.25) is 0 Å². The van der Waals surface area contributed by atoms with E-state index in [-0.39, 0.29) is 12.6 Å². The molecule has 2 N–H and O–H groups in total. The van der Waals surface area contributed by atoms with E-state index in [4.69, 9.17) is 16.3 Å². The van der Waals surface area contributed by atoms with Crippen LogP contribution in [0.15, 0.2) is 48.5 Å². The van der Waals surface area contributed by atoms with Crippen LogP contribution in [-0.2, 0) is 6.42 Å². The van der Waals surface area contributed by atoms with E-state index >= 15 is 0 Å². The molecule has 0 aromatic heterocycles. The second-order valence-corrected chi connectivity index (χ2v) is 5.97. The van der Waals surface area contributed by atoms with E-state index in [9.17, 15) is 10.3 Å². The lowest BCUT2D eigenvalue weighted by Gasteiger charge is -2.25. The zero-order chi connectivity index (χ0) is 16.8. The number of aliphatic hydroxyl groups excluding tert-OH is 1. The molecule has 0 radical (unpaired) electrons.